The number of benzene rings is 2. The van der Waals surface area contributed by atoms with Gasteiger partial charge in [-0.3, -0.25) is 4.79 Å². The molecule has 31 heavy (non-hydrogen) atoms. The molecule has 4 rings (SSSR count). The molecule has 0 N–H and O–H groups in total. The van der Waals surface area contributed by atoms with Gasteiger partial charge in [-0.2, -0.15) is 0 Å². The summed E-state index contributed by atoms with van der Waals surface area (Å²) in [5.74, 6) is 2.35. The second kappa shape index (κ2) is 9.43. The number of aryl methyl sites for hydroxylation is 1. The molecular formula is C24H25ClN2O4. The summed E-state index contributed by atoms with van der Waals surface area (Å²) in [4.78, 5) is 19.1. The van der Waals surface area contributed by atoms with Gasteiger partial charge in [0.1, 0.15) is 11.8 Å². The van der Waals surface area contributed by atoms with Crippen molar-refractivity contribution in [2.45, 2.75) is 32.2 Å². The van der Waals surface area contributed by atoms with Gasteiger partial charge in [0.05, 0.1) is 13.3 Å². The minimum absolute atomic E-state index is 0.0664. The summed E-state index contributed by atoms with van der Waals surface area (Å²) in [7, 11) is 1.59. The summed E-state index contributed by atoms with van der Waals surface area (Å²) < 4.78 is 17.1. The maximum absolute atomic E-state index is 12.9. The van der Waals surface area contributed by atoms with Crippen molar-refractivity contribution in [3.8, 4) is 11.5 Å². The number of nitrogens with zero attached hydrogens (tertiary/aromatic N) is 2. The lowest BCUT2D eigenvalue weighted by atomic mass is 10.1. The molecule has 0 saturated carbocycles. The number of amides is 1. The van der Waals surface area contributed by atoms with E-state index in [0.29, 0.717) is 35.4 Å². The first-order chi connectivity index (χ1) is 15.0. The van der Waals surface area contributed by atoms with E-state index < -0.39 is 0 Å². The van der Waals surface area contributed by atoms with E-state index in [4.69, 9.17) is 25.5 Å². The number of carbonyl (C=O) groups is 1. The molecule has 0 unspecified atom stereocenters. The summed E-state index contributed by atoms with van der Waals surface area (Å²) in [6, 6.07) is 13.1. The van der Waals surface area contributed by atoms with Crippen LogP contribution in [0.25, 0.3) is 0 Å². The molecule has 162 valence electrons. The fourth-order valence-electron chi connectivity index (χ4n) is 3.83. The molecule has 1 aliphatic heterocycles. The number of oxazole rings is 1. The average molecular weight is 441 g/mol. The lowest BCUT2D eigenvalue weighted by molar-refractivity contribution is -0.134. The molecule has 0 spiro atoms. The van der Waals surface area contributed by atoms with Crippen molar-refractivity contribution < 1.29 is 18.7 Å². The second-order valence-corrected chi connectivity index (χ2v) is 8.03. The van der Waals surface area contributed by atoms with E-state index in [0.717, 1.165) is 29.7 Å². The van der Waals surface area contributed by atoms with Crippen LogP contribution in [-0.2, 0) is 11.2 Å². The summed E-state index contributed by atoms with van der Waals surface area (Å²) in [6.45, 7) is 2.56. The Labute approximate surface area is 186 Å². The number of aromatic nitrogens is 1. The highest BCUT2D eigenvalue weighted by Crippen LogP contribution is 2.33. The van der Waals surface area contributed by atoms with Crippen LogP contribution in [0.2, 0.25) is 5.02 Å². The smallest absolute Gasteiger partial charge is 0.261 e. The van der Waals surface area contributed by atoms with E-state index in [9.17, 15) is 4.79 Å². The third kappa shape index (κ3) is 4.85. The van der Waals surface area contributed by atoms with Gasteiger partial charge in [0.2, 0.25) is 5.89 Å². The molecule has 3 aromatic rings. The molecule has 1 fully saturated rings. The third-order valence-electron chi connectivity index (χ3n) is 5.42. The molecule has 1 amide bonds. The van der Waals surface area contributed by atoms with Crippen LogP contribution >= 0.6 is 11.6 Å². The summed E-state index contributed by atoms with van der Waals surface area (Å²) in [5, 5.41) is 0.696. The molecule has 1 atom stereocenters. The van der Waals surface area contributed by atoms with Gasteiger partial charge in [-0.25, -0.2) is 4.98 Å². The lowest BCUT2D eigenvalue weighted by Crippen LogP contribution is -2.34. The Morgan fingerprint density at radius 1 is 1.26 bits per heavy atom. The average Bonchev–Trinajstić information content (AvgIpc) is 3.43. The minimum atomic E-state index is -0.184. The van der Waals surface area contributed by atoms with Gasteiger partial charge in [0.25, 0.3) is 5.91 Å². The molecule has 0 bridgehead atoms. The topological polar surface area (TPSA) is 64.8 Å². The van der Waals surface area contributed by atoms with Crippen molar-refractivity contribution in [1.29, 1.82) is 0 Å². The van der Waals surface area contributed by atoms with E-state index in [1.54, 1.807) is 18.2 Å². The molecule has 2 aromatic carbocycles. The van der Waals surface area contributed by atoms with Crippen LogP contribution < -0.4 is 9.47 Å². The molecule has 0 radical (unpaired) electrons. The molecule has 1 aromatic heterocycles. The number of halogens is 1. The van der Waals surface area contributed by atoms with Gasteiger partial charge in [0.15, 0.2) is 18.1 Å². The predicted molar refractivity (Wildman–Crippen MR) is 118 cm³/mol. The van der Waals surface area contributed by atoms with Crippen molar-refractivity contribution in [3.63, 3.8) is 0 Å². The first-order valence-electron chi connectivity index (χ1n) is 10.3. The Kier molecular flexibility index (Phi) is 6.47. The molecular weight excluding hydrogens is 416 g/mol. The van der Waals surface area contributed by atoms with Crippen LogP contribution in [0, 0.1) is 6.92 Å². The standard InChI is InChI=1S/C24H25ClN2O4/c1-16-9-10-21(22(12-16)29-2)30-15-23(28)27-11-5-8-20(27)24-26-14-18(31-24)13-17-6-3-4-7-19(17)25/h3-4,6-7,9-10,12,14,20H,5,8,11,13,15H2,1-2H3/t20-/m1/s1. The van der Waals surface area contributed by atoms with Crippen molar-refractivity contribution in [1.82, 2.24) is 9.88 Å². The van der Waals surface area contributed by atoms with Crippen molar-refractivity contribution >= 4 is 17.5 Å². The molecule has 0 aliphatic carbocycles. The van der Waals surface area contributed by atoms with E-state index in [1.165, 1.54) is 0 Å². The molecule has 1 saturated heterocycles. The predicted octanol–water partition coefficient (Wildman–Crippen LogP) is 4.98. The fraction of sp³-hybridized carbons (Fsp3) is 0.333. The van der Waals surface area contributed by atoms with E-state index in [2.05, 4.69) is 4.98 Å². The van der Waals surface area contributed by atoms with Crippen LogP contribution in [0.15, 0.2) is 53.1 Å². The summed E-state index contributed by atoms with van der Waals surface area (Å²) >= 11 is 6.25. The number of methoxy groups -OCH3 is 1. The van der Waals surface area contributed by atoms with Gasteiger partial charge in [-0.1, -0.05) is 35.9 Å². The Morgan fingerprint density at radius 3 is 2.90 bits per heavy atom. The Balaban J connectivity index is 1.41. The maximum Gasteiger partial charge on any atom is 0.261 e. The number of ether oxygens (including phenoxy) is 2. The first kappa shape index (κ1) is 21.2. The van der Waals surface area contributed by atoms with Crippen LogP contribution in [0.3, 0.4) is 0 Å². The fourth-order valence-corrected chi connectivity index (χ4v) is 4.03. The molecule has 1 aliphatic rings. The molecule has 6 nitrogen and oxygen atoms in total. The largest absolute Gasteiger partial charge is 0.493 e. The SMILES string of the molecule is COc1cc(C)ccc1OCC(=O)N1CCC[C@@H]1c1ncc(Cc2ccccc2Cl)o1. The number of hydrogen-bond donors (Lipinski definition) is 0. The van der Waals surface area contributed by atoms with E-state index >= 15 is 0 Å². The molecule has 7 heteroatoms. The lowest BCUT2D eigenvalue weighted by Gasteiger charge is -2.22. The van der Waals surface area contributed by atoms with Crippen LogP contribution in [-0.4, -0.2) is 36.1 Å². The Hall–Kier alpha value is -2.99. The highest BCUT2D eigenvalue weighted by atomic mass is 35.5. The normalized spacial score (nSPS) is 15.8. The third-order valence-corrected chi connectivity index (χ3v) is 5.79. The summed E-state index contributed by atoms with van der Waals surface area (Å²) in [6.07, 6.45) is 3.98. The van der Waals surface area contributed by atoms with Crippen molar-refractivity contribution in [3.05, 3.63) is 76.5 Å². The molecule has 2 heterocycles. The number of likely N-dealkylation sites (tertiary alicyclic amines) is 1. The van der Waals surface area contributed by atoms with Gasteiger partial charge >= 0.3 is 0 Å². The van der Waals surface area contributed by atoms with Gasteiger partial charge in [-0.05, 0) is 49.1 Å². The van der Waals surface area contributed by atoms with Crippen LogP contribution in [0.5, 0.6) is 11.5 Å². The van der Waals surface area contributed by atoms with Crippen LogP contribution in [0.4, 0.5) is 0 Å². The van der Waals surface area contributed by atoms with Gasteiger partial charge in [-0.15, -0.1) is 0 Å². The van der Waals surface area contributed by atoms with Gasteiger partial charge < -0.3 is 18.8 Å². The quantitative estimate of drug-likeness (QED) is 0.518. The minimum Gasteiger partial charge on any atom is -0.493 e. The van der Waals surface area contributed by atoms with Crippen molar-refractivity contribution in [2.24, 2.45) is 0 Å². The Bertz CT molecular complexity index is 1070. The van der Waals surface area contributed by atoms with E-state index in [1.807, 2.05) is 49.4 Å². The number of hydrogen-bond acceptors (Lipinski definition) is 5. The van der Waals surface area contributed by atoms with Crippen molar-refractivity contribution in [2.75, 3.05) is 20.3 Å². The van der Waals surface area contributed by atoms with E-state index in [-0.39, 0.29) is 18.6 Å². The maximum atomic E-state index is 12.9. The summed E-state index contributed by atoms with van der Waals surface area (Å²) in [5.41, 5.74) is 2.04. The monoisotopic (exact) mass is 440 g/mol. The van der Waals surface area contributed by atoms with Crippen LogP contribution in [0.1, 0.15) is 41.7 Å². The highest BCUT2D eigenvalue weighted by molar-refractivity contribution is 6.31. The number of carbonyl (C=O) groups excluding carboxylic acids is 1. The Morgan fingerprint density at radius 2 is 2.10 bits per heavy atom. The zero-order chi connectivity index (χ0) is 21.8. The first-order valence-corrected chi connectivity index (χ1v) is 10.7. The number of rotatable bonds is 7. The zero-order valence-corrected chi connectivity index (χ0v) is 18.4. The highest BCUT2D eigenvalue weighted by Gasteiger charge is 2.33. The van der Waals surface area contributed by atoms with Gasteiger partial charge in [0, 0.05) is 18.0 Å². The second-order valence-electron chi connectivity index (χ2n) is 7.62. The zero-order valence-electron chi connectivity index (χ0n) is 17.6.